The van der Waals surface area contributed by atoms with E-state index in [1.165, 1.54) is 31.7 Å². The van der Waals surface area contributed by atoms with Crippen LogP contribution in [-0.4, -0.2) is 21.8 Å². The van der Waals surface area contributed by atoms with Crippen LogP contribution < -0.4 is 0 Å². The van der Waals surface area contributed by atoms with Crippen molar-refractivity contribution in [3.8, 4) is 0 Å². The highest BCUT2D eigenvalue weighted by atomic mass is 28.4. The predicted molar refractivity (Wildman–Crippen MR) is 70.9 cm³/mol. The van der Waals surface area contributed by atoms with Crippen molar-refractivity contribution in [2.24, 2.45) is 5.92 Å². The van der Waals surface area contributed by atoms with E-state index in [2.05, 4.69) is 27.7 Å². The summed E-state index contributed by atoms with van der Waals surface area (Å²) in [6.07, 6.45) is 5.60. The van der Waals surface area contributed by atoms with Crippen molar-refractivity contribution in [1.29, 1.82) is 0 Å². The summed E-state index contributed by atoms with van der Waals surface area (Å²) in [5, 5.41) is 0. The highest BCUT2D eigenvalue weighted by molar-refractivity contribution is 6.68. The Kier molecular flexibility index (Phi) is 6.01. The number of rotatable bonds is 7. The quantitative estimate of drug-likeness (QED) is 0.628. The van der Waals surface area contributed by atoms with Crippen molar-refractivity contribution in [3.05, 3.63) is 0 Å². The predicted octanol–water partition coefficient (Wildman–Crippen LogP) is 4.10. The normalized spacial score (nSPS) is 18.6. The van der Waals surface area contributed by atoms with Gasteiger partial charge in [0.25, 0.3) is 0 Å². The lowest BCUT2D eigenvalue weighted by Gasteiger charge is -2.35. The smallest absolute Gasteiger partial charge is 0.341 e. The van der Waals surface area contributed by atoms with Crippen molar-refractivity contribution in [2.75, 3.05) is 13.2 Å². The third-order valence-corrected chi connectivity index (χ3v) is 8.17. The summed E-state index contributed by atoms with van der Waals surface area (Å²) in [5.74, 6) is 0.868. The summed E-state index contributed by atoms with van der Waals surface area (Å²) in [7, 11) is -1.94. The summed E-state index contributed by atoms with van der Waals surface area (Å²) in [6.45, 7) is 10.3. The molecular weight excluding hydrogens is 216 g/mol. The van der Waals surface area contributed by atoms with Gasteiger partial charge in [0.05, 0.1) is 0 Å². The zero-order valence-corrected chi connectivity index (χ0v) is 12.4. The van der Waals surface area contributed by atoms with E-state index in [1.807, 2.05) is 0 Å². The van der Waals surface area contributed by atoms with Crippen LogP contribution in [0.5, 0.6) is 0 Å². The van der Waals surface area contributed by atoms with Crippen LogP contribution >= 0.6 is 0 Å². The molecule has 0 saturated heterocycles. The van der Waals surface area contributed by atoms with Crippen LogP contribution in [0.15, 0.2) is 0 Å². The monoisotopic (exact) mass is 244 g/mol. The van der Waals surface area contributed by atoms with E-state index in [9.17, 15) is 0 Å². The minimum absolute atomic E-state index is 0.563. The van der Waals surface area contributed by atoms with Gasteiger partial charge in [-0.2, -0.15) is 0 Å². The molecule has 0 aromatic rings. The van der Waals surface area contributed by atoms with Crippen molar-refractivity contribution in [2.45, 2.75) is 65.0 Å². The van der Waals surface area contributed by atoms with Crippen LogP contribution in [0.2, 0.25) is 11.6 Å². The molecule has 16 heavy (non-hydrogen) atoms. The molecule has 96 valence electrons. The van der Waals surface area contributed by atoms with Crippen LogP contribution in [0.3, 0.4) is 0 Å². The Hall–Kier alpha value is 0.137. The maximum Gasteiger partial charge on any atom is 0.341 e. The second-order valence-electron chi connectivity index (χ2n) is 5.19. The van der Waals surface area contributed by atoms with Crippen molar-refractivity contribution in [3.63, 3.8) is 0 Å². The molecule has 0 aromatic carbocycles. The molecule has 0 spiro atoms. The minimum atomic E-state index is -1.94. The number of hydrogen-bond donors (Lipinski definition) is 0. The number of hydrogen-bond acceptors (Lipinski definition) is 2. The van der Waals surface area contributed by atoms with E-state index in [0.29, 0.717) is 5.54 Å². The Morgan fingerprint density at radius 1 is 1.06 bits per heavy atom. The summed E-state index contributed by atoms with van der Waals surface area (Å²) in [4.78, 5) is 0. The maximum absolute atomic E-state index is 6.11. The molecule has 3 heteroatoms. The van der Waals surface area contributed by atoms with Gasteiger partial charge in [0.1, 0.15) is 0 Å². The van der Waals surface area contributed by atoms with Crippen molar-refractivity contribution >= 4 is 8.56 Å². The van der Waals surface area contributed by atoms with Crippen LogP contribution in [-0.2, 0) is 8.85 Å². The van der Waals surface area contributed by atoms with Gasteiger partial charge in [0.15, 0.2) is 0 Å². The first-order valence-electron chi connectivity index (χ1n) is 6.92. The largest absolute Gasteiger partial charge is 0.394 e. The van der Waals surface area contributed by atoms with Gasteiger partial charge in [-0.25, -0.2) is 0 Å². The summed E-state index contributed by atoms with van der Waals surface area (Å²) in [5.41, 5.74) is 0.563. The average molecular weight is 244 g/mol. The Morgan fingerprint density at radius 2 is 1.56 bits per heavy atom. The molecule has 1 aliphatic rings. The van der Waals surface area contributed by atoms with Gasteiger partial charge < -0.3 is 8.85 Å². The van der Waals surface area contributed by atoms with E-state index in [4.69, 9.17) is 8.85 Å². The fraction of sp³-hybridized carbons (Fsp3) is 1.00. The molecule has 0 heterocycles. The Morgan fingerprint density at radius 3 is 1.94 bits per heavy atom. The topological polar surface area (TPSA) is 18.5 Å². The molecule has 0 aliphatic heterocycles. The second-order valence-corrected chi connectivity index (χ2v) is 8.95. The Balaban J connectivity index is 2.65. The molecule has 1 fully saturated rings. The Bertz CT molecular complexity index is 182. The minimum Gasteiger partial charge on any atom is -0.394 e. The molecule has 1 rings (SSSR count). The second kappa shape index (κ2) is 6.77. The van der Waals surface area contributed by atoms with Gasteiger partial charge >= 0.3 is 8.56 Å². The first-order chi connectivity index (χ1) is 7.64. The van der Waals surface area contributed by atoms with Gasteiger partial charge in [-0.3, -0.25) is 0 Å². The molecule has 0 radical (unpaired) electrons. The van der Waals surface area contributed by atoms with Crippen LogP contribution in [0.4, 0.5) is 0 Å². The summed E-state index contributed by atoms with van der Waals surface area (Å²) < 4.78 is 12.2. The average Bonchev–Trinajstić information content (AvgIpc) is 2.70. The summed E-state index contributed by atoms with van der Waals surface area (Å²) >= 11 is 0. The van der Waals surface area contributed by atoms with Gasteiger partial charge in [0, 0.05) is 13.2 Å². The molecule has 0 bridgehead atoms. The molecule has 2 nitrogen and oxygen atoms in total. The Labute approximate surface area is 102 Å². The molecule has 0 N–H and O–H groups in total. The lowest BCUT2D eigenvalue weighted by atomic mass is 10.1. The molecule has 1 aliphatic carbocycles. The molecule has 0 amide bonds. The van der Waals surface area contributed by atoms with E-state index >= 15 is 0 Å². The third-order valence-electron chi connectivity index (χ3n) is 3.70. The van der Waals surface area contributed by atoms with Crippen molar-refractivity contribution in [1.82, 2.24) is 0 Å². The van der Waals surface area contributed by atoms with E-state index in [-0.39, 0.29) is 0 Å². The molecular formula is C13H28O2Si. The molecule has 0 atom stereocenters. The highest BCUT2D eigenvalue weighted by Gasteiger charge is 2.43. The first-order valence-corrected chi connectivity index (χ1v) is 9.02. The van der Waals surface area contributed by atoms with Gasteiger partial charge in [0.2, 0.25) is 0 Å². The zero-order chi connectivity index (χ0) is 12.0. The summed E-state index contributed by atoms with van der Waals surface area (Å²) in [6, 6.07) is 1.21. The first kappa shape index (κ1) is 14.2. The van der Waals surface area contributed by atoms with Gasteiger partial charge in [-0.1, -0.05) is 39.5 Å². The molecule has 0 aromatic heterocycles. The zero-order valence-electron chi connectivity index (χ0n) is 11.4. The fourth-order valence-corrected chi connectivity index (χ4v) is 6.48. The SMILES string of the molecule is CCO[Si](CC1CCCC1)(OCC)C(C)C. The van der Waals surface area contributed by atoms with E-state index in [0.717, 1.165) is 19.1 Å². The van der Waals surface area contributed by atoms with Crippen LogP contribution in [0.25, 0.3) is 0 Å². The fourth-order valence-electron chi connectivity index (χ4n) is 2.83. The van der Waals surface area contributed by atoms with Crippen LogP contribution in [0, 0.1) is 5.92 Å². The molecule has 1 saturated carbocycles. The van der Waals surface area contributed by atoms with Crippen LogP contribution in [0.1, 0.15) is 53.4 Å². The lowest BCUT2D eigenvalue weighted by molar-refractivity contribution is 0.169. The van der Waals surface area contributed by atoms with Gasteiger partial charge in [-0.05, 0) is 31.4 Å². The van der Waals surface area contributed by atoms with Crippen molar-refractivity contribution < 1.29 is 8.85 Å². The van der Waals surface area contributed by atoms with E-state index in [1.54, 1.807) is 0 Å². The standard InChI is InChI=1S/C13H28O2Si/c1-5-14-16(12(3)4,15-6-2)11-13-9-7-8-10-13/h12-13H,5-11H2,1-4H3. The van der Waals surface area contributed by atoms with E-state index < -0.39 is 8.56 Å². The maximum atomic E-state index is 6.11. The highest BCUT2D eigenvalue weighted by Crippen LogP contribution is 2.37. The molecule has 0 unspecified atom stereocenters. The third kappa shape index (κ3) is 3.57. The lowest BCUT2D eigenvalue weighted by Crippen LogP contribution is -2.46. The van der Waals surface area contributed by atoms with Gasteiger partial charge in [-0.15, -0.1) is 0 Å².